The Morgan fingerprint density at radius 3 is 2.89 bits per heavy atom. The van der Waals surface area contributed by atoms with Gasteiger partial charge in [0.1, 0.15) is 0 Å². The van der Waals surface area contributed by atoms with Gasteiger partial charge in [0.05, 0.1) is 6.10 Å². The van der Waals surface area contributed by atoms with E-state index < -0.39 is 0 Å². The van der Waals surface area contributed by atoms with Gasteiger partial charge in [-0.25, -0.2) is 0 Å². The van der Waals surface area contributed by atoms with E-state index in [1.54, 1.807) is 6.19 Å². The third kappa shape index (κ3) is 5.12. The van der Waals surface area contributed by atoms with Gasteiger partial charge in [0, 0.05) is 6.54 Å². The Balaban J connectivity index is 2.99. The molecule has 0 aromatic heterocycles. The molecule has 0 heterocycles. The molecule has 0 aromatic rings. The molecule has 0 saturated heterocycles. The van der Waals surface area contributed by atoms with Crippen molar-refractivity contribution in [3.8, 4) is 6.19 Å². The van der Waals surface area contributed by atoms with Crippen molar-refractivity contribution in [2.24, 2.45) is 0 Å². The monoisotopic (exact) mass is 128 g/mol. The number of hydrogen-bond donors (Lipinski definition) is 2. The number of nitrogens with one attached hydrogen (secondary N) is 1. The Kier molecular flexibility index (Phi) is 4.94. The largest absolute Gasteiger partial charge is 0.393 e. The molecule has 0 amide bonds. The molecule has 52 valence electrons. The predicted molar refractivity (Wildman–Crippen MR) is 34.5 cm³/mol. The highest BCUT2D eigenvalue weighted by Crippen LogP contribution is 1.93. The van der Waals surface area contributed by atoms with Crippen molar-refractivity contribution in [1.82, 2.24) is 5.32 Å². The molecule has 3 heteroatoms. The zero-order valence-corrected chi connectivity index (χ0v) is 5.59. The number of rotatable bonds is 4. The maximum absolute atomic E-state index is 8.94. The highest BCUT2D eigenvalue weighted by Gasteiger charge is 1.97. The van der Waals surface area contributed by atoms with Gasteiger partial charge in [0.15, 0.2) is 6.19 Å². The van der Waals surface area contributed by atoms with Gasteiger partial charge in [0.2, 0.25) is 0 Å². The molecular weight excluding hydrogens is 116 g/mol. The molecular formula is C6H12N2O. The van der Waals surface area contributed by atoms with Crippen LogP contribution in [0, 0.1) is 11.5 Å². The van der Waals surface area contributed by atoms with Crippen LogP contribution in [0.1, 0.15) is 19.8 Å². The number of hydrogen-bond acceptors (Lipinski definition) is 3. The summed E-state index contributed by atoms with van der Waals surface area (Å²) in [5, 5.41) is 19.4. The summed E-state index contributed by atoms with van der Waals surface area (Å²) in [5.74, 6) is 0. The van der Waals surface area contributed by atoms with E-state index in [1.165, 1.54) is 0 Å². The molecule has 0 radical (unpaired) electrons. The van der Waals surface area contributed by atoms with Crippen LogP contribution in [-0.2, 0) is 0 Å². The standard InChI is InChI=1S/C6H12N2O/c1-2-6(9)3-4-8-5-7/h6,8-9H,2-4H2,1H3. The maximum atomic E-state index is 8.94. The van der Waals surface area contributed by atoms with Crippen LogP contribution in [0.25, 0.3) is 0 Å². The van der Waals surface area contributed by atoms with Gasteiger partial charge in [-0.1, -0.05) is 6.92 Å². The van der Waals surface area contributed by atoms with Gasteiger partial charge in [-0.2, -0.15) is 5.26 Å². The first-order valence-electron chi connectivity index (χ1n) is 3.11. The summed E-state index contributed by atoms with van der Waals surface area (Å²) in [6, 6.07) is 0. The normalized spacial score (nSPS) is 12.1. The fourth-order valence-electron chi connectivity index (χ4n) is 0.499. The smallest absolute Gasteiger partial charge is 0.176 e. The molecule has 0 spiro atoms. The number of aliphatic hydroxyl groups is 1. The summed E-state index contributed by atoms with van der Waals surface area (Å²) in [5.41, 5.74) is 0. The Morgan fingerprint density at radius 2 is 2.44 bits per heavy atom. The second kappa shape index (κ2) is 5.39. The van der Waals surface area contributed by atoms with Gasteiger partial charge < -0.3 is 10.4 Å². The fourth-order valence-corrected chi connectivity index (χ4v) is 0.499. The second-order valence-electron chi connectivity index (χ2n) is 1.89. The maximum Gasteiger partial charge on any atom is 0.176 e. The minimum Gasteiger partial charge on any atom is -0.393 e. The average Bonchev–Trinajstić information content (AvgIpc) is 1.89. The molecule has 0 aliphatic carbocycles. The van der Waals surface area contributed by atoms with Crippen LogP contribution in [0.4, 0.5) is 0 Å². The van der Waals surface area contributed by atoms with Crippen molar-refractivity contribution in [2.45, 2.75) is 25.9 Å². The molecule has 9 heavy (non-hydrogen) atoms. The van der Waals surface area contributed by atoms with Crippen LogP contribution in [0.5, 0.6) is 0 Å². The molecule has 0 fully saturated rings. The van der Waals surface area contributed by atoms with E-state index in [1.807, 2.05) is 6.92 Å². The molecule has 0 aliphatic heterocycles. The molecule has 1 atom stereocenters. The van der Waals surface area contributed by atoms with Crippen molar-refractivity contribution in [1.29, 1.82) is 5.26 Å². The summed E-state index contributed by atoms with van der Waals surface area (Å²) in [7, 11) is 0. The molecule has 0 bridgehead atoms. The van der Waals surface area contributed by atoms with Crippen LogP contribution < -0.4 is 5.32 Å². The Bertz CT molecular complexity index is 97.7. The van der Waals surface area contributed by atoms with Crippen LogP contribution in [0.3, 0.4) is 0 Å². The molecule has 2 N–H and O–H groups in total. The summed E-state index contributed by atoms with van der Waals surface area (Å²) in [4.78, 5) is 0. The quantitative estimate of drug-likeness (QED) is 0.323. The molecule has 3 nitrogen and oxygen atoms in total. The van der Waals surface area contributed by atoms with Gasteiger partial charge in [-0.15, -0.1) is 0 Å². The predicted octanol–water partition coefficient (Wildman–Crippen LogP) is 0.218. The van der Waals surface area contributed by atoms with E-state index in [-0.39, 0.29) is 6.10 Å². The zero-order chi connectivity index (χ0) is 7.11. The molecule has 0 rings (SSSR count). The van der Waals surface area contributed by atoms with E-state index in [9.17, 15) is 0 Å². The van der Waals surface area contributed by atoms with Gasteiger partial charge >= 0.3 is 0 Å². The van der Waals surface area contributed by atoms with E-state index in [0.29, 0.717) is 13.0 Å². The van der Waals surface area contributed by atoms with Crippen LogP contribution >= 0.6 is 0 Å². The lowest BCUT2D eigenvalue weighted by Crippen LogP contribution is -2.15. The van der Waals surface area contributed by atoms with Crippen molar-refractivity contribution >= 4 is 0 Å². The summed E-state index contributed by atoms with van der Waals surface area (Å²) < 4.78 is 0. The number of aliphatic hydroxyl groups excluding tert-OH is 1. The highest BCUT2D eigenvalue weighted by atomic mass is 16.3. The molecule has 0 saturated carbocycles. The summed E-state index contributed by atoms with van der Waals surface area (Å²) in [6.07, 6.45) is 2.94. The first-order chi connectivity index (χ1) is 4.31. The van der Waals surface area contributed by atoms with Crippen LogP contribution in [-0.4, -0.2) is 17.8 Å². The Labute approximate surface area is 55.3 Å². The first kappa shape index (κ1) is 8.25. The number of nitriles is 1. The van der Waals surface area contributed by atoms with E-state index in [2.05, 4.69) is 5.32 Å². The van der Waals surface area contributed by atoms with Gasteiger partial charge in [-0.05, 0) is 12.8 Å². The fraction of sp³-hybridized carbons (Fsp3) is 0.833. The molecule has 0 aromatic carbocycles. The lowest BCUT2D eigenvalue weighted by molar-refractivity contribution is 0.161. The summed E-state index contributed by atoms with van der Waals surface area (Å²) >= 11 is 0. The van der Waals surface area contributed by atoms with E-state index in [4.69, 9.17) is 10.4 Å². The highest BCUT2D eigenvalue weighted by molar-refractivity contribution is 4.65. The second-order valence-corrected chi connectivity index (χ2v) is 1.89. The Morgan fingerprint density at radius 1 is 1.78 bits per heavy atom. The van der Waals surface area contributed by atoms with Crippen LogP contribution in [0.2, 0.25) is 0 Å². The third-order valence-electron chi connectivity index (χ3n) is 1.15. The van der Waals surface area contributed by atoms with Gasteiger partial charge in [0.25, 0.3) is 0 Å². The Hall–Kier alpha value is -0.750. The first-order valence-corrected chi connectivity index (χ1v) is 3.11. The van der Waals surface area contributed by atoms with Crippen molar-refractivity contribution in [3.63, 3.8) is 0 Å². The number of nitrogens with zero attached hydrogens (tertiary/aromatic N) is 1. The molecule has 0 aliphatic rings. The van der Waals surface area contributed by atoms with Crippen LogP contribution in [0.15, 0.2) is 0 Å². The third-order valence-corrected chi connectivity index (χ3v) is 1.15. The van der Waals surface area contributed by atoms with E-state index in [0.717, 1.165) is 6.42 Å². The van der Waals surface area contributed by atoms with Crippen molar-refractivity contribution in [2.75, 3.05) is 6.54 Å². The topological polar surface area (TPSA) is 56.0 Å². The molecule has 1 unspecified atom stereocenters. The lowest BCUT2D eigenvalue weighted by atomic mass is 10.2. The lowest BCUT2D eigenvalue weighted by Gasteiger charge is -2.04. The van der Waals surface area contributed by atoms with Gasteiger partial charge in [-0.3, -0.25) is 0 Å². The van der Waals surface area contributed by atoms with E-state index >= 15 is 0 Å². The minimum atomic E-state index is -0.258. The summed E-state index contributed by atoms with van der Waals surface area (Å²) in [6.45, 7) is 2.49. The van der Waals surface area contributed by atoms with Crippen molar-refractivity contribution in [3.05, 3.63) is 0 Å². The SMILES string of the molecule is CCC(O)CCNC#N. The van der Waals surface area contributed by atoms with Crippen molar-refractivity contribution < 1.29 is 5.11 Å². The zero-order valence-electron chi connectivity index (χ0n) is 5.59. The average molecular weight is 128 g/mol. The minimum absolute atomic E-state index is 0.258.